The first-order valence-corrected chi connectivity index (χ1v) is 8.86. The monoisotopic (exact) mass is 352 g/mol. The van der Waals surface area contributed by atoms with Gasteiger partial charge in [0.2, 0.25) is 5.91 Å². The summed E-state index contributed by atoms with van der Waals surface area (Å²) in [5, 5.41) is 2.64. The average molecular weight is 352 g/mol. The SMILES string of the molecule is CCOC(=O)[C@@H]1CC[C@@H]2C/C=C/C[C@H](NC(=O)OC(C)(C)C)C(=O)N21. The molecular formula is C18H28N2O5. The van der Waals surface area contributed by atoms with E-state index in [1.54, 1.807) is 32.6 Å². The molecule has 3 atom stereocenters. The number of nitrogens with zero attached hydrogens (tertiary/aromatic N) is 1. The van der Waals surface area contributed by atoms with E-state index in [-0.39, 0.29) is 24.5 Å². The summed E-state index contributed by atoms with van der Waals surface area (Å²) in [5.41, 5.74) is -0.645. The van der Waals surface area contributed by atoms with Crippen LogP contribution in [0.15, 0.2) is 12.2 Å². The Labute approximate surface area is 148 Å². The second-order valence-corrected chi connectivity index (χ2v) is 7.39. The summed E-state index contributed by atoms with van der Waals surface area (Å²) >= 11 is 0. The number of carbonyl (C=O) groups excluding carboxylic acids is 3. The summed E-state index contributed by atoms with van der Waals surface area (Å²) in [4.78, 5) is 38.9. The number of amides is 2. The molecule has 2 amide bonds. The van der Waals surface area contributed by atoms with Gasteiger partial charge in [0.05, 0.1) is 6.61 Å². The number of rotatable bonds is 3. The van der Waals surface area contributed by atoms with Gasteiger partial charge >= 0.3 is 12.1 Å². The molecule has 2 rings (SSSR count). The van der Waals surface area contributed by atoms with Crippen molar-refractivity contribution in [1.29, 1.82) is 0 Å². The molecule has 0 aromatic rings. The summed E-state index contributed by atoms with van der Waals surface area (Å²) in [7, 11) is 0. The smallest absolute Gasteiger partial charge is 0.408 e. The van der Waals surface area contributed by atoms with Crippen LogP contribution >= 0.6 is 0 Å². The maximum atomic E-state index is 13.0. The minimum Gasteiger partial charge on any atom is -0.464 e. The first-order valence-electron chi connectivity index (χ1n) is 8.86. The Morgan fingerprint density at radius 1 is 1.24 bits per heavy atom. The van der Waals surface area contributed by atoms with Gasteiger partial charge in [-0.3, -0.25) is 4.79 Å². The number of nitrogens with one attached hydrogen (secondary N) is 1. The highest BCUT2D eigenvalue weighted by Crippen LogP contribution is 2.30. The van der Waals surface area contributed by atoms with Crippen LogP contribution in [-0.4, -0.2) is 53.2 Å². The fraction of sp³-hybridized carbons (Fsp3) is 0.722. The van der Waals surface area contributed by atoms with E-state index >= 15 is 0 Å². The molecule has 0 aliphatic carbocycles. The minimum absolute atomic E-state index is 0.0404. The number of ether oxygens (including phenoxy) is 2. The molecule has 0 unspecified atom stereocenters. The quantitative estimate of drug-likeness (QED) is 0.621. The fourth-order valence-corrected chi connectivity index (χ4v) is 3.25. The predicted molar refractivity (Wildman–Crippen MR) is 91.8 cm³/mol. The van der Waals surface area contributed by atoms with Crippen LogP contribution in [0.2, 0.25) is 0 Å². The number of esters is 1. The van der Waals surface area contributed by atoms with E-state index in [1.807, 2.05) is 12.2 Å². The van der Waals surface area contributed by atoms with E-state index in [1.165, 1.54) is 0 Å². The largest absolute Gasteiger partial charge is 0.464 e. The second-order valence-electron chi connectivity index (χ2n) is 7.39. The van der Waals surface area contributed by atoms with Crippen LogP contribution in [0.1, 0.15) is 53.4 Å². The Morgan fingerprint density at radius 3 is 2.56 bits per heavy atom. The zero-order valence-corrected chi connectivity index (χ0v) is 15.4. The van der Waals surface area contributed by atoms with Crippen LogP contribution < -0.4 is 5.32 Å². The van der Waals surface area contributed by atoms with Crippen LogP contribution in [-0.2, 0) is 19.1 Å². The lowest BCUT2D eigenvalue weighted by Gasteiger charge is -2.33. The van der Waals surface area contributed by atoms with E-state index in [0.29, 0.717) is 19.3 Å². The highest BCUT2D eigenvalue weighted by atomic mass is 16.6. The molecule has 7 nitrogen and oxygen atoms in total. The predicted octanol–water partition coefficient (Wildman–Crippen LogP) is 2.15. The first kappa shape index (κ1) is 19.3. The van der Waals surface area contributed by atoms with Crippen molar-refractivity contribution in [3.05, 3.63) is 12.2 Å². The molecule has 2 aliphatic rings. The van der Waals surface area contributed by atoms with Gasteiger partial charge in [0, 0.05) is 6.04 Å². The fourth-order valence-electron chi connectivity index (χ4n) is 3.25. The van der Waals surface area contributed by atoms with E-state index in [9.17, 15) is 14.4 Å². The molecule has 0 radical (unpaired) electrons. The second kappa shape index (κ2) is 7.89. The van der Waals surface area contributed by atoms with Gasteiger partial charge < -0.3 is 19.7 Å². The third-order valence-electron chi connectivity index (χ3n) is 4.25. The van der Waals surface area contributed by atoms with Crippen molar-refractivity contribution in [2.75, 3.05) is 6.61 Å². The summed E-state index contributed by atoms with van der Waals surface area (Å²) in [6, 6.07) is -1.36. The van der Waals surface area contributed by atoms with Gasteiger partial charge in [-0.1, -0.05) is 12.2 Å². The maximum Gasteiger partial charge on any atom is 0.408 e. The highest BCUT2D eigenvalue weighted by Gasteiger charge is 2.44. The van der Waals surface area contributed by atoms with Crippen molar-refractivity contribution in [3.63, 3.8) is 0 Å². The van der Waals surface area contributed by atoms with E-state index in [2.05, 4.69) is 5.32 Å². The zero-order valence-electron chi connectivity index (χ0n) is 15.4. The number of alkyl carbamates (subject to hydrolysis) is 1. The Hall–Kier alpha value is -2.05. The van der Waals surface area contributed by atoms with Gasteiger partial charge in [-0.2, -0.15) is 0 Å². The van der Waals surface area contributed by atoms with E-state index in [4.69, 9.17) is 9.47 Å². The third kappa shape index (κ3) is 4.96. The van der Waals surface area contributed by atoms with Gasteiger partial charge in [-0.15, -0.1) is 0 Å². The molecule has 1 fully saturated rings. The Morgan fingerprint density at radius 2 is 1.92 bits per heavy atom. The van der Waals surface area contributed by atoms with Gasteiger partial charge in [-0.25, -0.2) is 9.59 Å². The summed E-state index contributed by atoms with van der Waals surface area (Å²) < 4.78 is 10.4. The first-order chi connectivity index (χ1) is 11.7. The van der Waals surface area contributed by atoms with Gasteiger partial charge in [0.1, 0.15) is 17.7 Å². The zero-order chi connectivity index (χ0) is 18.6. The number of carbonyl (C=O) groups is 3. The third-order valence-corrected chi connectivity index (χ3v) is 4.25. The van der Waals surface area contributed by atoms with E-state index < -0.39 is 23.8 Å². The number of fused-ring (bicyclic) bond motifs is 1. The molecule has 1 saturated heterocycles. The van der Waals surface area contributed by atoms with Crippen molar-refractivity contribution < 1.29 is 23.9 Å². The molecule has 0 saturated carbocycles. The standard InChI is InChI=1S/C18H28N2O5/c1-5-24-16(22)14-11-10-12-8-6-7-9-13(15(21)20(12)14)19-17(23)25-18(2,3)4/h6-7,12-14H,5,8-11H2,1-4H3,(H,19,23)/b7-6+/t12-,13-,14-/m0/s1. The average Bonchev–Trinajstić information content (AvgIpc) is 2.90. The van der Waals surface area contributed by atoms with Gasteiger partial charge in [-0.05, 0) is 53.4 Å². The Kier molecular flexibility index (Phi) is 6.08. The van der Waals surface area contributed by atoms with Crippen molar-refractivity contribution >= 4 is 18.0 Å². The van der Waals surface area contributed by atoms with Crippen LogP contribution in [0.25, 0.3) is 0 Å². The molecule has 0 aromatic heterocycles. The summed E-state index contributed by atoms with van der Waals surface area (Å²) in [6.07, 6.45) is 5.68. The molecule has 0 spiro atoms. The molecule has 0 bridgehead atoms. The lowest BCUT2D eigenvalue weighted by molar-refractivity contribution is -0.154. The molecule has 2 aliphatic heterocycles. The molecule has 25 heavy (non-hydrogen) atoms. The van der Waals surface area contributed by atoms with Crippen LogP contribution in [0.5, 0.6) is 0 Å². The number of hydrogen-bond acceptors (Lipinski definition) is 5. The molecule has 0 aromatic carbocycles. The molecule has 2 heterocycles. The van der Waals surface area contributed by atoms with Crippen LogP contribution in [0.4, 0.5) is 4.79 Å². The minimum atomic E-state index is -0.746. The number of hydrogen-bond donors (Lipinski definition) is 1. The maximum absolute atomic E-state index is 13.0. The lowest BCUT2D eigenvalue weighted by Crippen LogP contribution is -2.55. The molecule has 140 valence electrons. The normalized spacial score (nSPS) is 27.8. The highest BCUT2D eigenvalue weighted by molar-refractivity contribution is 5.90. The molecule has 1 N–H and O–H groups in total. The van der Waals surface area contributed by atoms with Gasteiger partial charge in [0.15, 0.2) is 0 Å². The van der Waals surface area contributed by atoms with Crippen molar-refractivity contribution in [2.45, 2.75) is 77.1 Å². The van der Waals surface area contributed by atoms with Gasteiger partial charge in [0.25, 0.3) is 0 Å². The summed E-state index contributed by atoms with van der Waals surface area (Å²) in [5.74, 6) is -0.630. The van der Waals surface area contributed by atoms with Crippen molar-refractivity contribution in [1.82, 2.24) is 10.2 Å². The Balaban J connectivity index is 2.15. The van der Waals surface area contributed by atoms with E-state index in [0.717, 1.165) is 6.42 Å². The van der Waals surface area contributed by atoms with Crippen LogP contribution in [0.3, 0.4) is 0 Å². The van der Waals surface area contributed by atoms with Crippen molar-refractivity contribution in [3.8, 4) is 0 Å². The Bertz CT molecular complexity index is 552. The topological polar surface area (TPSA) is 84.9 Å². The molecular weight excluding hydrogens is 324 g/mol. The summed E-state index contributed by atoms with van der Waals surface area (Å²) in [6.45, 7) is 7.32. The van der Waals surface area contributed by atoms with Crippen LogP contribution in [0, 0.1) is 0 Å². The lowest BCUT2D eigenvalue weighted by atomic mass is 10.0. The van der Waals surface area contributed by atoms with Crippen molar-refractivity contribution in [2.24, 2.45) is 0 Å². The molecule has 7 heteroatoms.